The predicted molar refractivity (Wildman–Crippen MR) is 117 cm³/mol. The van der Waals surface area contributed by atoms with E-state index in [1.807, 2.05) is 0 Å². The Labute approximate surface area is 169 Å². The molecule has 1 atom stereocenters. The minimum atomic E-state index is 0.308. The molecule has 0 saturated heterocycles. The van der Waals surface area contributed by atoms with Crippen molar-refractivity contribution in [2.24, 2.45) is 5.92 Å². The van der Waals surface area contributed by atoms with Gasteiger partial charge in [0.25, 0.3) is 0 Å². The van der Waals surface area contributed by atoms with E-state index < -0.39 is 0 Å². The molecular weight excluding hydrogens is 394 g/mol. The molecule has 1 heterocycles. The van der Waals surface area contributed by atoms with Crippen molar-refractivity contribution in [3.8, 4) is 0 Å². The van der Waals surface area contributed by atoms with Crippen LogP contribution in [0.5, 0.6) is 0 Å². The summed E-state index contributed by atoms with van der Waals surface area (Å²) in [6.07, 6.45) is 12.5. The van der Waals surface area contributed by atoms with Gasteiger partial charge in [-0.25, -0.2) is 0 Å². The summed E-state index contributed by atoms with van der Waals surface area (Å²) >= 11 is 4.00. The number of para-hydroxylation sites is 1. The summed E-state index contributed by atoms with van der Waals surface area (Å²) in [5.41, 5.74) is 12.3. The Morgan fingerprint density at radius 2 is 1.78 bits per heavy atom. The number of allylic oxidation sites excluding steroid dienone is 12. The normalized spacial score (nSPS) is 23.8. The fourth-order valence-corrected chi connectivity index (χ4v) is 5.65. The van der Waals surface area contributed by atoms with Crippen molar-refractivity contribution in [1.29, 1.82) is 0 Å². The number of fused-ring (bicyclic) bond motifs is 2. The molecule has 2 heteroatoms. The van der Waals surface area contributed by atoms with Gasteiger partial charge in [-0.05, 0) is 84.9 Å². The summed E-state index contributed by atoms with van der Waals surface area (Å²) in [6.45, 7) is 6.75. The average Bonchev–Trinajstić information content (AvgIpc) is 3.35. The third kappa shape index (κ3) is 2.36. The number of hydrogen-bond acceptors (Lipinski definition) is 1. The van der Waals surface area contributed by atoms with Crippen LogP contribution in [0.1, 0.15) is 27.2 Å². The Hall–Kier alpha value is -2.32. The Balaban J connectivity index is 1.72. The van der Waals surface area contributed by atoms with E-state index in [2.05, 4.69) is 102 Å². The standard InChI is InChI=1S/C25H22BrN/c1-15-13-21-20(23(15)18-9-7-8-10-18)14-22-24(25(21)26)16(2)17(3)27(22)19-11-5-4-6-12-19/h4-9,11-14,24H,10H2,1-3H3. The minimum Gasteiger partial charge on any atom is -0.317 e. The highest BCUT2D eigenvalue weighted by Crippen LogP contribution is 2.53. The Morgan fingerprint density at radius 3 is 2.48 bits per heavy atom. The number of rotatable bonds is 2. The third-order valence-electron chi connectivity index (χ3n) is 6.12. The lowest BCUT2D eigenvalue weighted by molar-refractivity contribution is 0.884. The maximum Gasteiger partial charge on any atom is 0.0545 e. The van der Waals surface area contributed by atoms with Gasteiger partial charge in [0, 0.05) is 21.6 Å². The quantitative estimate of drug-likeness (QED) is 0.497. The predicted octanol–water partition coefficient (Wildman–Crippen LogP) is 7.11. The zero-order valence-corrected chi connectivity index (χ0v) is 17.5. The zero-order valence-electron chi connectivity index (χ0n) is 15.9. The third-order valence-corrected chi connectivity index (χ3v) is 7.00. The maximum absolute atomic E-state index is 4.00. The first-order valence-corrected chi connectivity index (χ1v) is 10.3. The first kappa shape index (κ1) is 16.8. The molecule has 0 amide bonds. The SMILES string of the molecule is CC1=CC2=C(Br)C3C(=CC2=C1C1=CC=CC1)N(c1ccccc1)C(C)=C3C. The Morgan fingerprint density at radius 1 is 1.00 bits per heavy atom. The highest BCUT2D eigenvalue weighted by molar-refractivity contribution is 9.11. The fraction of sp³-hybridized carbons (Fsp3) is 0.200. The van der Waals surface area contributed by atoms with Gasteiger partial charge in [-0.3, -0.25) is 0 Å². The monoisotopic (exact) mass is 415 g/mol. The van der Waals surface area contributed by atoms with Crippen molar-refractivity contribution in [2.75, 3.05) is 4.90 Å². The molecule has 0 spiro atoms. The van der Waals surface area contributed by atoms with Gasteiger partial charge >= 0.3 is 0 Å². The first-order valence-electron chi connectivity index (χ1n) is 9.51. The van der Waals surface area contributed by atoms with Crippen LogP contribution in [0, 0.1) is 5.92 Å². The first-order chi connectivity index (χ1) is 13.1. The Bertz CT molecular complexity index is 1070. The summed E-state index contributed by atoms with van der Waals surface area (Å²) in [7, 11) is 0. The van der Waals surface area contributed by atoms with Gasteiger partial charge in [0.1, 0.15) is 0 Å². The lowest BCUT2D eigenvalue weighted by Crippen LogP contribution is -2.21. The van der Waals surface area contributed by atoms with Gasteiger partial charge in [-0.2, -0.15) is 0 Å². The van der Waals surface area contributed by atoms with E-state index in [9.17, 15) is 0 Å². The second kappa shape index (κ2) is 6.10. The zero-order chi connectivity index (χ0) is 18.7. The molecule has 4 aliphatic rings. The van der Waals surface area contributed by atoms with E-state index in [-0.39, 0.29) is 0 Å². The molecule has 0 N–H and O–H groups in total. The van der Waals surface area contributed by atoms with Crippen molar-refractivity contribution >= 4 is 21.6 Å². The van der Waals surface area contributed by atoms with Crippen molar-refractivity contribution in [2.45, 2.75) is 27.2 Å². The van der Waals surface area contributed by atoms with Crippen molar-refractivity contribution < 1.29 is 0 Å². The van der Waals surface area contributed by atoms with E-state index in [1.165, 1.54) is 55.0 Å². The van der Waals surface area contributed by atoms with Crippen LogP contribution in [0.2, 0.25) is 0 Å². The fourth-order valence-electron chi connectivity index (χ4n) is 4.74. The van der Waals surface area contributed by atoms with Crippen LogP contribution in [0.3, 0.4) is 0 Å². The van der Waals surface area contributed by atoms with Gasteiger partial charge in [0.05, 0.1) is 5.92 Å². The van der Waals surface area contributed by atoms with Gasteiger partial charge < -0.3 is 4.90 Å². The molecule has 1 aliphatic heterocycles. The molecule has 3 aliphatic carbocycles. The molecule has 134 valence electrons. The van der Waals surface area contributed by atoms with E-state index in [1.54, 1.807) is 0 Å². The highest BCUT2D eigenvalue weighted by atomic mass is 79.9. The molecule has 5 rings (SSSR count). The number of halogens is 1. The molecule has 1 unspecified atom stereocenters. The smallest absolute Gasteiger partial charge is 0.0545 e. The molecule has 1 aromatic rings. The number of nitrogens with zero attached hydrogens (tertiary/aromatic N) is 1. The molecule has 0 aromatic heterocycles. The van der Waals surface area contributed by atoms with E-state index in [4.69, 9.17) is 0 Å². The topological polar surface area (TPSA) is 3.24 Å². The number of anilines is 1. The lowest BCUT2D eigenvalue weighted by Gasteiger charge is -2.29. The molecule has 0 radical (unpaired) electrons. The minimum absolute atomic E-state index is 0.308. The Kier molecular flexibility index (Phi) is 3.80. The number of hydrogen-bond donors (Lipinski definition) is 0. The van der Waals surface area contributed by atoms with Gasteiger partial charge in [0.2, 0.25) is 0 Å². The second-order valence-corrected chi connectivity index (χ2v) is 8.50. The molecular formula is C25H22BrN. The van der Waals surface area contributed by atoms with Crippen LogP contribution < -0.4 is 4.90 Å². The largest absolute Gasteiger partial charge is 0.317 e. The van der Waals surface area contributed by atoms with Crippen LogP contribution in [-0.4, -0.2) is 0 Å². The summed E-state index contributed by atoms with van der Waals surface area (Å²) in [6, 6.07) is 10.7. The molecule has 1 aromatic carbocycles. The van der Waals surface area contributed by atoms with E-state index in [0.29, 0.717) is 5.92 Å². The molecule has 27 heavy (non-hydrogen) atoms. The number of benzene rings is 1. The van der Waals surface area contributed by atoms with Crippen molar-refractivity contribution in [1.82, 2.24) is 0 Å². The lowest BCUT2D eigenvalue weighted by atomic mass is 9.86. The van der Waals surface area contributed by atoms with Crippen LogP contribution in [-0.2, 0) is 0 Å². The van der Waals surface area contributed by atoms with Crippen LogP contribution in [0.4, 0.5) is 5.69 Å². The second-order valence-electron chi connectivity index (χ2n) is 7.64. The van der Waals surface area contributed by atoms with Crippen LogP contribution in [0.15, 0.2) is 110 Å². The summed E-state index contributed by atoms with van der Waals surface area (Å²) in [5, 5.41) is 0. The summed E-state index contributed by atoms with van der Waals surface area (Å²) in [5.74, 6) is 0.308. The van der Waals surface area contributed by atoms with Crippen LogP contribution in [0.25, 0.3) is 0 Å². The van der Waals surface area contributed by atoms with E-state index in [0.717, 1.165) is 6.42 Å². The van der Waals surface area contributed by atoms with Crippen molar-refractivity contribution in [3.05, 3.63) is 110 Å². The van der Waals surface area contributed by atoms with Gasteiger partial charge in [0.15, 0.2) is 0 Å². The average molecular weight is 416 g/mol. The van der Waals surface area contributed by atoms with Crippen LogP contribution >= 0.6 is 15.9 Å². The van der Waals surface area contributed by atoms with Crippen molar-refractivity contribution in [3.63, 3.8) is 0 Å². The molecule has 0 fully saturated rings. The maximum atomic E-state index is 4.00. The molecule has 1 nitrogen and oxygen atoms in total. The molecule has 0 saturated carbocycles. The van der Waals surface area contributed by atoms with Gasteiger partial charge in [-0.15, -0.1) is 0 Å². The summed E-state index contributed by atoms with van der Waals surface area (Å²) < 4.78 is 1.30. The highest BCUT2D eigenvalue weighted by Gasteiger charge is 2.40. The molecule has 0 bridgehead atoms. The summed E-state index contributed by atoms with van der Waals surface area (Å²) in [4.78, 5) is 2.43. The van der Waals surface area contributed by atoms with Gasteiger partial charge in [-0.1, -0.05) is 52.4 Å². The van der Waals surface area contributed by atoms with E-state index >= 15 is 0 Å².